The maximum absolute atomic E-state index is 11.9. The number of hydrogen-bond donors (Lipinski definition) is 0. The van der Waals surface area contributed by atoms with Gasteiger partial charge in [-0.25, -0.2) is 0 Å². The minimum Gasteiger partial charge on any atom is -0.463 e. The van der Waals surface area contributed by atoms with Crippen molar-refractivity contribution in [3.63, 3.8) is 0 Å². The average molecular weight is 222 g/mol. The van der Waals surface area contributed by atoms with Gasteiger partial charge in [0, 0.05) is 0 Å². The topological polar surface area (TPSA) is 26.3 Å². The van der Waals surface area contributed by atoms with Crippen LogP contribution in [0.1, 0.15) is 47.0 Å². The molecule has 2 heteroatoms. The lowest BCUT2D eigenvalue weighted by molar-refractivity contribution is -0.150. The number of carbonyl (C=O) groups is 1. The van der Waals surface area contributed by atoms with Crippen molar-refractivity contribution in [2.45, 2.75) is 53.1 Å². The van der Waals surface area contributed by atoms with Gasteiger partial charge in [0.1, 0.15) is 0 Å². The van der Waals surface area contributed by atoms with Gasteiger partial charge in [0.15, 0.2) is 0 Å². The molecule has 2 atom stereocenters. The Balaban J connectivity index is 1.98. The van der Waals surface area contributed by atoms with Crippen LogP contribution in [0.15, 0.2) is 11.6 Å². The second-order valence-electron chi connectivity index (χ2n) is 5.99. The minimum absolute atomic E-state index is 0.000839. The molecule has 2 aliphatic rings. The highest BCUT2D eigenvalue weighted by Crippen LogP contribution is 2.60. The number of esters is 1. The number of carbonyl (C=O) groups excluding carboxylic acids is 1. The van der Waals surface area contributed by atoms with Gasteiger partial charge < -0.3 is 4.74 Å². The summed E-state index contributed by atoms with van der Waals surface area (Å²) in [7, 11) is 0. The van der Waals surface area contributed by atoms with Crippen LogP contribution >= 0.6 is 0 Å². The summed E-state index contributed by atoms with van der Waals surface area (Å²) in [4.78, 5) is 11.9. The first-order valence-corrected chi connectivity index (χ1v) is 6.33. The zero-order chi connectivity index (χ0) is 11.9. The molecule has 0 aromatic heterocycles. The third-order valence-electron chi connectivity index (χ3n) is 3.93. The molecule has 0 aliphatic heterocycles. The molecule has 2 saturated carbocycles. The maximum atomic E-state index is 11.9. The van der Waals surface area contributed by atoms with E-state index in [1.807, 2.05) is 13.8 Å². The summed E-state index contributed by atoms with van der Waals surface area (Å²) in [5.41, 5.74) is 1.65. The predicted molar refractivity (Wildman–Crippen MR) is 63.9 cm³/mol. The quantitative estimate of drug-likeness (QED) is 0.541. The van der Waals surface area contributed by atoms with Crippen LogP contribution in [0.4, 0.5) is 0 Å². The molecule has 0 aromatic rings. The molecular weight excluding hydrogens is 200 g/mol. The first kappa shape index (κ1) is 11.7. The molecular formula is C14H22O2. The van der Waals surface area contributed by atoms with Crippen molar-refractivity contribution in [3.05, 3.63) is 11.6 Å². The molecule has 16 heavy (non-hydrogen) atoms. The Morgan fingerprint density at radius 2 is 2.06 bits per heavy atom. The van der Waals surface area contributed by atoms with Gasteiger partial charge in [-0.1, -0.05) is 25.5 Å². The normalized spacial score (nSPS) is 30.9. The summed E-state index contributed by atoms with van der Waals surface area (Å²) in [5, 5.41) is 0. The number of allylic oxidation sites excluding steroid dienone is 2. The molecule has 2 fully saturated rings. The van der Waals surface area contributed by atoms with Gasteiger partial charge >= 0.3 is 5.97 Å². The van der Waals surface area contributed by atoms with E-state index in [4.69, 9.17) is 4.74 Å². The lowest BCUT2D eigenvalue weighted by Crippen LogP contribution is -2.15. The number of rotatable bonds is 3. The van der Waals surface area contributed by atoms with Crippen molar-refractivity contribution >= 4 is 5.97 Å². The van der Waals surface area contributed by atoms with Gasteiger partial charge in [-0.3, -0.25) is 4.79 Å². The first-order chi connectivity index (χ1) is 7.43. The Morgan fingerprint density at radius 1 is 1.44 bits per heavy atom. The molecule has 0 spiro atoms. The summed E-state index contributed by atoms with van der Waals surface area (Å²) in [5.74, 6) is 0.484. The minimum atomic E-state index is -0.0128. The van der Waals surface area contributed by atoms with Gasteiger partial charge in [0.2, 0.25) is 0 Å². The molecule has 0 amide bonds. The highest BCUT2D eigenvalue weighted by molar-refractivity contribution is 5.78. The van der Waals surface area contributed by atoms with Crippen LogP contribution in [0.2, 0.25) is 0 Å². The van der Waals surface area contributed by atoms with Crippen molar-refractivity contribution in [1.82, 2.24) is 0 Å². The zero-order valence-electron chi connectivity index (χ0n) is 10.7. The molecule has 0 bridgehead atoms. The fraction of sp³-hybridized carbons (Fsp3) is 0.786. The predicted octanol–water partition coefficient (Wildman–Crippen LogP) is 3.32. The summed E-state index contributed by atoms with van der Waals surface area (Å²) in [6, 6.07) is 0. The molecule has 0 saturated heterocycles. The van der Waals surface area contributed by atoms with Crippen molar-refractivity contribution in [3.8, 4) is 0 Å². The average Bonchev–Trinajstić information content (AvgIpc) is 2.59. The van der Waals surface area contributed by atoms with Gasteiger partial charge in [-0.15, -0.1) is 0 Å². The van der Waals surface area contributed by atoms with Crippen LogP contribution in [0.5, 0.6) is 0 Å². The van der Waals surface area contributed by atoms with E-state index in [0.717, 1.165) is 0 Å². The van der Waals surface area contributed by atoms with Crippen molar-refractivity contribution < 1.29 is 9.53 Å². The van der Waals surface area contributed by atoms with Gasteiger partial charge in [0.25, 0.3) is 0 Å². The van der Waals surface area contributed by atoms with E-state index in [1.165, 1.54) is 24.8 Å². The second kappa shape index (κ2) is 3.90. The lowest BCUT2D eigenvalue weighted by Gasteiger charge is -2.16. The van der Waals surface area contributed by atoms with Crippen LogP contribution in [-0.4, -0.2) is 12.1 Å². The zero-order valence-corrected chi connectivity index (χ0v) is 10.7. The second-order valence-corrected chi connectivity index (χ2v) is 5.99. The highest BCUT2D eigenvalue weighted by atomic mass is 16.5. The van der Waals surface area contributed by atoms with E-state index >= 15 is 0 Å². The Bertz CT molecular complexity index is 320. The molecule has 0 heterocycles. The third-order valence-corrected chi connectivity index (χ3v) is 3.93. The molecule has 0 aromatic carbocycles. The monoisotopic (exact) mass is 222 g/mol. The summed E-state index contributed by atoms with van der Waals surface area (Å²) in [6.45, 7) is 8.15. The third kappa shape index (κ3) is 2.02. The first-order valence-electron chi connectivity index (χ1n) is 6.33. The van der Waals surface area contributed by atoms with Gasteiger partial charge in [-0.2, -0.15) is 0 Å². The van der Waals surface area contributed by atoms with Crippen molar-refractivity contribution in [1.29, 1.82) is 0 Å². The number of hydrogen-bond acceptors (Lipinski definition) is 2. The Morgan fingerprint density at radius 3 is 2.50 bits per heavy atom. The molecule has 2 nitrogen and oxygen atoms in total. The van der Waals surface area contributed by atoms with E-state index in [1.54, 1.807) is 0 Å². The van der Waals surface area contributed by atoms with E-state index in [2.05, 4.69) is 19.9 Å². The fourth-order valence-electron chi connectivity index (χ4n) is 2.55. The smallest absolute Gasteiger partial charge is 0.310 e. The summed E-state index contributed by atoms with van der Waals surface area (Å²) >= 11 is 0. The molecule has 2 aliphatic carbocycles. The highest BCUT2D eigenvalue weighted by Gasteiger charge is 2.61. The van der Waals surface area contributed by atoms with E-state index < -0.39 is 0 Å². The molecule has 0 unspecified atom stereocenters. The van der Waals surface area contributed by atoms with Crippen molar-refractivity contribution in [2.24, 2.45) is 17.3 Å². The van der Waals surface area contributed by atoms with Gasteiger partial charge in [0.05, 0.1) is 12.0 Å². The Labute approximate surface area is 98.1 Å². The molecule has 0 N–H and O–H groups in total. The molecule has 0 radical (unpaired) electrons. The van der Waals surface area contributed by atoms with Crippen LogP contribution in [0.25, 0.3) is 0 Å². The van der Waals surface area contributed by atoms with Crippen LogP contribution < -0.4 is 0 Å². The SMILES string of the molecule is CC(C)OC(=O)[C@@H]1[C@H](C=C2CCC2)C1(C)C. The summed E-state index contributed by atoms with van der Waals surface area (Å²) in [6.07, 6.45) is 6.12. The fourth-order valence-corrected chi connectivity index (χ4v) is 2.55. The lowest BCUT2D eigenvalue weighted by atomic mass is 9.90. The largest absolute Gasteiger partial charge is 0.463 e. The number of ether oxygens (including phenoxy) is 1. The van der Waals surface area contributed by atoms with Crippen LogP contribution in [0, 0.1) is 17.3 Å². The van der Waals surface area contributed by atoms with E-state index in [0.29, 0.717) is 5.92 Å². The van der Waals surface area contributed by atoms with Gasteiger partial charge in [-0.05, 0) is 44.4 Å². The summed E-state index contributed by atoms with van der Waals surface area (Å²) < 4.78 is 5.31. The van der Waals surface area contributed by atoms with E-state index in [-0.39, 0.29) is 23.4 Å². The van der Waals surface area contributed by atoms with Crippen LogP contribution in [0.3, 0.4) is 0 Å². The van der Waals surface area contributed by atoms with Crippen LogP contribution in [-0.2, 0) is 9.53 Å². The Kier molecular flexibility index (Phi) is 2.85. The molecule has 2 rings (SSSR count). The van der Waals surface area contributed by atoms with E-state index in [9.17, 15) is 4.79 Å². The Hall–Kier alpha value is -0.790. The molecule has 90 valence electrons. The van der Waals surface area contributed by atoms with Crippen molar-refractivity contribution in [2.75, 3.05) is 0 Å². The standard InChI is InChI=1S/C14H22O2/c1-9(2)16-13(15)12-11(14(12,3)4)8-10-6-5-7-10/h8-9,11-12H,5-7H2,1-4H3/t11-,12-/m0/s1. The maximum Gasteiger partial charge on any atom is 0.310 e.